The predicted octanol–water partition coefficient (Wildman–Crippen LogP) is 4.31. The van der Waals surface area contributed by atoms with Gasteiger partial charge in [-0.3, -0.25) is 0 Å². The Hall–Kier alpha value is -1.49. The molecule has 96 valence electrons. The number of nitriles is 1. The van der Waals surface area contributed by atoms with Crippen molar-refractivity contribution in [3.8, 4) is 6.07 Å². The molecule has 18 heavy (non-hydrogen) atoms. The lowest BCUT2D eigenvalue weighted by atomic mass is 9.65. The normalized spacial score (nSPS) is 19.8. The van der Waals surface area contributed by atoms with E-state index in [4.69, 9.17) is 0 Å². The first kappa shape index (κ1) is 13.0. The molecule has 1 saturated carbocycles. The largest absolute Gasteiger partial charge is 0.388 e. The van der Waals surface area contributed by atoms with Crippen LogP contribution in [0.3, 0.4) is 0 Å². The van der Waals surface area contributed by atoms with Crippen LogP contribution in [0.5, 0.6) is 0 Å². The molecule has 1 aliphatic rings. The minimum Gasteiger partial charge on any atom is -0.388 e. The van der Waals surface area contributed by atoms with Crippen molar-refractivity contribution in [1.82, 2.24) is 0 Å². The van der Waals surface area contributed by atoms with Crippen LogP contribution >= 0.6 is 0 Å². The van der Waals surface area contributed by atoms with E-state index in [2.05, 4.69) is 42.6 Å². The van der Waals surface area contributed by atoms with Gasteiger partial charge in [0.2, 0.25) is 0 Å². The molecule has 0 spiro atoms. The quantitative estimate of drug-likeness (QED) is 0.857. The molecule has 2 nitrogen and oxygen atoms in total. The molecule has 1 aromatic rings. The van der Waals surface area contributed by atoms with E-state index >= 15 is 0 Å². The maximum Gasteiger partial charge on any atom is 0.0766 e. The van der Waals surface area contributed by atoms with Gasteiger partial charge in [0.05, 0.1) is 12.0 Å². The number of nitrogens with zero attached hydrogens (tertiary/aromatic N) is 1. The van der Waals surface area contributed by atoms with Crippen LogP contribution in [0.4, 0.5) is 5.69 Å². The molecule has 1 atom stereocenters. The summed E-state index contributed by atoms with van der Waals surface area (Å²) in [6.45, 7) is 2.28. The highest BCUT2D eigenvalue weighted by Crippen LogP contribution is 2.46. The Kier molecular flexibility index (Phi) is 3.91. The third kappa shape index (κ3) is 2.51. The van der Waals surface area contributed by atoms with Crippen molar-refractivity contribution in [2.24, 2.45) is 5.41 Å². The molecule has 2 rings (SSSR count). The molecule has 0 radical (unpaired) electrons. The number of anilines is 1. The molecule has 1 unspecified atom stereocenters. The number of rotatable bonds is 3. The molecule has 1 aliphatic carbocycles. The van der Waals surface area contributed by atoms with E-state index in [9.17, 15) is 5.26 Å². The summed E-state index contributed by atoms with van der Waals surface area (Å²) < 4.78 is 0. The third-order valence-corrected chi connectivity index (χ3v) is 4.35. The Morgan fingerprint density at radius 2 is 1.78 bits per heavy atom. The Morgan fingerprint density at radius 1 is 1.17 bits per heavy atom. The standard InChI is InChI=1S/C16H22N2/c1-16(10-4-3-5-11-16)15(12-17)13-6-8-14(18-2)9-7-13/h6-9,15,18H,3-5,10-11H2,1-2H3. The van der Waals surface area contributed by atoms with Crippen molar-refractivity contribution in [3.05, 3.63) is 29.8 Å². The van der Waals surface area contributed by atoms with Gasteiger partial charge in [-0.1, -0.05) is 38.3 Å². The molecule has 2 heteroatoms. The van der Waals surface area contributed by atoms with Crippen molar-refractivity contribution < 1.29 is 0 Å². The second-order valence-electron chi connectivity index (χ2n) is 5.65. The van der Waals surface area contributed by atoms with E-state index in [0.717, 1.165) is 5.69 Å². The smallest absolute Gasteiger partial charge is 0.0766 e. The monoisotopic (exact) mass is 242 g/mol. The van der Waals surface area contributed by atoms with Crippen molar-refractivity contribution in [2.45, 2.75) is 44.9 Å². The molecule has 0 saturated heterocycles. The first-order valence-electron chi connectivity index (χ1n) is 6.87. The fraction of sp³-hybridized carbons (Fsp3) is 0.562. The molecule has 0 aliphatic heterocycles. The van der Waals surface area contributed by atoms with Crippen molar-refractivity contribution >= 4 is 5.69 Å². The van der Waals surface area contributed by atoms with Crippen LogP contribution in [-0.4, -0.2) is 7.05 Å². The highest BCUT2D eigenvalue weighted by Gasteiger charge is 2.36. The maximum atomic E-state index is 9.56. The summed E-state index contributed by atoms with van der Waals surface area (Å²) in [5, 5.41) is 12.7. The first-order valence-corrected chi connectivity index (χ1v) is 6.87. The van der Waals surface area contributed by atoms with E-state index in [1.807, 2.05) is 7.05 Å². The minimum atomic E-state index is 0.0312. The summed E-state index contributed by atoms with van der Waals surface area (Å²) in [4.78, 5) is 0. The van der Waals surface area contributed by atoms with Crippen LogP contribution in [0.25, 0.3) is 0 Å². The highest BCUT2D eigenvalue weighted by atomic mass is 14.8. The van der Waals surface area contributed by atoms with Crippen molar-refractivity contribution in [1.29, 1.82) is 5.26 Å². The molecular weight excluding hydrogens is 220 g/mol. The highest BCUT2D eigenvalue weighted by molar-refractivity contribution is 5.45. The molecule has 0 aromatic heterocycles. The number of hydrogen-bond acceptors (Lipinski definition) is 2. The predicted molar refractivity (Wildman–Crippen MR) is 75.5 cm³/mol. The van der Waals surface area contributed by atoms with Gasteiger partial charge < -0.3 is 5.32 Å². The Labute approximate surface area is 110 Å². The summed E-state index contributed by atoms with van der Waals surface area (Å²) in [6, 6.07) is 10.9. The van der Waals surface area contributed by atoms with Crippen molar-refractivity contribution in [3.63, 3.8) is 0 Å². The van der Waals surface area contributed by atoms with Gasteiger partial charge >= 0.3 is 0 Å². The second-order valence-corrected chi connectivity index (χ2v) is 5.65. The van der Waals surface area contributed by atoms with Crippen LogP contribution in [0.1, 0.15) is 50.5 Å². The fourth-order valence-corrected chi connectivity index (χ4v) is 3.12. The Bertz CT molecular complexity index is 421. The lowest BCUT2D eigenvalue weighted by Crippen LogP contribution is -2.27. The van der Waals surface area contributed by atoms with Crippen molar-refractivity contribution in [2.75, 3.05) is 12.4 Å². The van der Waals surface area contributed by atoms with Gasteiger partial charge in [-0.15, -0.1) is 0 Å². The molecule has 0 amide bonds. The molecule has 1 N–H and O–H groups in total. The minimum absolute atomic E-state index is 0.0312. The molecule has 0 bridgehead atoms. The van der Waals surface area contributed by atoms with E-state index < -0.39 is 0 Å². The fourth-order valence-electron chi connectivity index (χ4n) is 3.12. The zero-order valence-electron chi connectivity index (χ0n) is 11.4. The van der Waals surface area contributed by atoms with E-state index in [-0.39, 0.29) is 11.3 Å². The van der Waals surface area contributed by atoms with Gasteiger partial charge in [0.25, 0.3) is 0 Å². The Morgan fingerprint density at radius 3 is 2.28 bits per heavy atom. The molecule has 0 heterocycles. The maximum absolute atomic E-state index is 9.56. The number of hydrogen-bond donors (Lipinski definition) is 1. The SMILES string of the molecule is CNc1ccc(C(C#N)C2(C)CCCCC2)cc1. The van der Waals surface area contributed by atoms with Crippen LogP contribution in [-0.2, 0) is 0 Å². The Balaban J connectivity index is 2.24. The van der Waals surface area contributed by atoms with E-state index in [0.29, 0.717) is 0 Å². The summed E-state index contributed by atoms with van der Waals surface area (Å²) in [5.74, 6) is 0.0312. The lowest BCUT2D eigenvalue weighted by molar-refractivity contribution is 0.194. The average molecular weight is 242 g/mol. The van der Waals surface area contributed by atoms with Crippen LogP contribution in [0.2, 0.25) is 0 Å². The van der Waals surface area contributed by atoms with Crippen LogP contribution < -0.4 is 5.32 Å². The summed E-state index contributed by atoms with van der Waals surface area (Å²) in [5.41, 5.74) is 2.43. The number of nitrogens with one attached hydrogen (secondary N) is 1. The lowest BCUT2D eigenvalue weighted by Gasteiger charge is -2.37. The topological polar surface area (TPSA) is 35.8 Å². The van der Waals surface area contributed by atoms with Gasteiger partial charge in [0, 0.05) is 12.7 Å². The van der Waals surface area contributed by atoms with Gasteiger partial charge in [0.15, 0.2) is 0 Å². The zero-order chi connectivity index (χ0) is 13.0. The summed E-state index contributed by atoms with van der Waals surface area (Å²) in [7, 11) is 1.92. The van der Waals surface area contributed by atoms with Crippen LogP contribution in [0, 0.1) is 16.7 Å². The van der Waals surface area contributed by atoms with Gasteiger partial charge in [-0.05, 0) is 36.0 Å². The van der Waals surface area contributed by atoms with Gasteiger partial charge in [-0.2, -0.15) is 5.26 Å². The molecular formula is C16H22N2. The van der Waals surface area contributed by atoms with Gasteiger partial charge in [0.1, 0.15) is 0 Å². The first-order chi connectivity index (χ1) is 8.69. The molecule has 1 aromatic carbocycles. The average Bonchev–Trinajstić information content (AvgIpc) is 2.41. The van der Waals surface area contributed by atoms with Crippen LogP contribution in [0.15, 0.2) is 24.3 Å². The van der Waals surface area contributed by atoms with Gasteiger partial charge in [-0.25, -0.2) is 0 Å². The summed E-state index contributed by atoms with van der Waals surface area (Å²) >= 11 is 0. The van der Waals surface area contributed by atoms with E-state index in [1.165, 1.54) is 37.7 Å². The third-order valence-electron chi connectivity index (χ3n) is 4.35. The van der Waals surface area contributed by atoms with E-state index in [1.54, 1.807) is 0 Å². The second kappa shape index (κ2) is 5.44. The molecule has 1 fully saturated rings. The number of benzene rings is 1. The zero-order valence-corrected chi connectivity index (χ0v) is 11.4. The summed E-state index contributed by atoms with van der Waals surface area (Å²) in [6.07, 6.45) is 6.22.